The van der Waals surface area contributed by atoms with E-state index in [2.05, 4.69) is 84.8 Å². The molecule has 0 spiro atoms. The van der Waals surface area contributed by atoms with E-state index in [1.807, 2.05) is 198 Å². The summed E-state index contributed by atoms with van der Waals surface area (Å²) in [4.78, 5) is 46.1. The first-order valence-corrected chi connectivity index (χ1v) is 43.2. The number of nitrogens with zero attached hydrogens (tertiary/aromatic N) is 6. The zero-order chi connectivity index (χ0) is 90.0. The maximum Gasteiger partial charge on any atom is 0.573 e. The number of H-pyrrole nitrogens is 5. The molecule has 129 heavy (non-hydrogen) atoms. The lowest BCUT2D eigenvalue weighted by molar-refractivity contribution is -0.274. The number of benzene rings is 10. The summed E-state index contributed by atoms with van der Waals surface area (Å²) in [5.74, 6) is 4.80. The van der Waals surface area contributed by atoms with Crippen molar-refractivity contribution in [2.24, 2.45) is 0 Å². The molecule has 10 heterocycles. The van der Waals surface area contributed by atoms with Gasteiger partial charge >= 0.3 is 12.5 Å². The van der Waals surface area contributed by atoms with Crippen molar-refractivity contribution < 1.29 is 53.1 Å². The van der Waals surface area contributed by atoms with E-state index in [0.717, 1.165) is 139 Å². The SMILES string of the molecule is Cc1[nH]c(-c2ccc(-c3ccc(Cl)cc3Cl)o2)nc1-c1ccc(F)cc1.Cc1[nH]c(-c2ccc(-c3ccccc3C(F)(F)F)o2)nc1-c1ccccc1.Cc1[nH]c(-c2ccc(-c3ccccc3F)s2)nc1-c1ccccc1.Cc1[nH]c(-c2ccc(-c3ccccc3OC(F)(F)F)o2)nc1-c1ccccc1.Cc1[nH]c(-c2csc(-c3cccc(Br)c3)n2)nc1-c1ccccc1. The molecule has 0 amide bonds. The smallest absolute Gasteiger partial charge is 0.453 e. The van der Waals surface area contributed by atoms with Crippen molar-refractivity contribution in [3.05, 3.63) is 375 Å². The van der Waals surface area contributed by atoms with Gasteiger partial charge in [0.1, 0.15) is 51.2 Å². The topological polar surface area (TPSA) is 205 Å². The number of ether oxygens (including phenoxy) is 1. The van der Waals surface area contributed by atoms with Crippen molar-refractivity contribution in [3.8, 4) is 174 Å². The molecule has 15 nitrogen and oxygen atoms in total. The summed E-state index contributed by atoms with van der Waals surface area (Å²) in [6.45, 7) is 9.76. The Morgan fingerprint density at radius 2 is 0.744 bits per heavy atom. The van der Waals surface area contributed by atoms with Gasteiger partial charge in [-0.2, -0.15) is 13.2 Å². The average Bonchev–Trinajstić information content (AvgIpc) is 1.67. The van der Waals surface area contributed by atoms with E-state index in [1.165, 1.54) is 65.9 Å². The van der Waals surface area contributed by atoms with Crippen LogP contribution in [0.25, 0.3) is 168 Å². The van der Waals surface area contributed by atoms with Crippen LogP contribution in [-0.4, -0.2) is 61.2 Å². The van der Waals surface area contributed by atoms with E-state index in [0.29, 0.717) is 56.1 Å². The van der Waals surface area contributed by atoms with E-state index >= 15 is 0 Å². The van der Waals surface area contributed by atoms with Gasteiger partial charge < -0.3 is 42.9 Å². The van der Waals surface area contributed by atoms with E-state index in [9.17, 15) is 35.1 Å². The first kappa shape index (κ1) is 88.2. The van der Waals surface area contributed by atoms with Gasteiger partial charge in [0.15, 0.2) is 40.6 Å². The predicted octanol–water partition coefficient (Wildman–Crippen LogP) is 31.2. The third-order valence-corrected chi connectivity index (χ3v) is 23.2. The fraction of sp³-hybridized carbons (Fsp3) is 0.0693. The van der Waals surface area contributed by atoms with Gasteiger partial charge in [-0.05, 0) is 162 Å². The second-order valence-electron chi connectivity index (χ2n) is 29.2. The van der Waals surface area contributed by atoms with Crippen molar-refractivity contribution >= 4 is 61.8 Å². The highest BCUT2D eigenvalue weighted by molar-refractivity contribution is 9.10. The van der Waals surface area contributed by atoms with Crippen LogP contribution in [0, 0.1) is 46.3 Å². The number of aryl methyl sites for hydroxylation is 5. The zero-order valence-corrected chi connectivity index (χ0v) is 73.5. The molecule has 0 aliphatic carbocycles. The number of thiazole rings is 1. The van der Waals surface area contributed by atoms with Crippen LogP contribution < -0.4 is 4.74 Å². The second kappa shape index (κ2) is 38.9. The molecule has 10 aromatic heterocycles. The zero-order valence-electron chi connectivity index (χ0n) is 68.8. The second-order valence-corrected chi connectivity index (χ2v) is 32.9. The molecule has 0 fully saturated rings. The predicted molar refractivity (Wildman–Crippen MR) is 498 cm³/mol. The molecule has 28 heteroatoms. The molecule has 0 saturated carbocycles. The van der Waals surface area contributed by atoms with Crippen molar-refractivity contribution in [2.45, 2.75) is 47.2 Å². The maximum absolute atomic E-state index is 14.0. The van der Waals surface area contributed by atoms with Crippen LogP contribution in [0.3, 0.4) is 0 Å². The lowest BCUT2D eigenvalue weighted by Crippen LogP contribution is -2.17. The third kappa shape index (κ3) is 21.0. The van der Waals surface area contributed by atoms with Gasteiger partial charge in [0.2, 0.25) is 0 Å². The normalized spacial score (nSPS) is 11.3. The number of aromatic nitrogens is 11. The number of nitrogens with one attached hydrogen (secondary N) is 5. The molecule has 5 N–H and O–H groups in total. The van der Waals surface area contributed by atoms with Crippen LogP contribution in [0.5, 0.6) is 5.75 Å². The molecule has 0 radical (unpaired) electrons. The number of thiophene rings is 1. The minimum Gasteiger partial charge on any atom is -0.453 e. The Bertz CT molecular complexity index is 7240. The number of halogens is 11. The number of hydrogen-bond donors (Lipinski definition) is 5. The Balaban J connectivity index is 0.000000118. The van der Waals surface area contributed by atoms with Crippen molar-refractivity contribution in [1.29, 1.82) is 0 Å². The highest BCUT2D eigenvalue weighted by atomic mass is 79.9. The molecule has 0 unspecified atom stereocenters. The molecule has 0 atom stereocenters. The Morgan fingerprint density at radius 1 is 0.349 bits per heavy atom. The lowest BCUT2D eigenvalue weighted by atomic mass is 10.1. The van der Waals surface area contributed by atoms with Gasteiger partial charge in [-0.15, -0.1) is 35.8 Å². The lowest BCUT2D eigenvalue weighted by Gasteiger charge is -2.11. The van der Waals surface area contributed by atoms with Crippen LogP contribution in [0.2, 0.25) is 10.0 Å². The van der Waals surface area contributed by atoms with Crippen LogP contribution in [0.15, 0.2) is 332 Å². The highest BCUT2D eigenvalue weighted by Gasteiger charge is 2.35. The molecule has 20 aromatic rings. The number of furan rings is 3. The Hall–Kier alpha value is -14.3. The number of rotatable bonds is 16. The summed E-state index contributed by atoms with van der Waals surface area (Å²) in [5, 5.41) is 4.11. The minimum atomic E-state index is -4.78. The Morgan fingerprint density at radius 3 is 1.22 bits per heavy atom. The number of alkyl halides is 6. The van der Waals surface area contributed by atoms with E-state index < -0.39 is 18.1 Å². The summed E-state index contributed by atoms with van der Waals surface area (Å²) >= 11 is 18.9. The summed E-state index contributed by atoms with van der Waals surface area (Å²) in [7, 11) is 0. The number of imidazole rings is 5. The largest absolute Gasteiger partial charge is 0.573 e. The third-order valence-electron chi connectivity index (χ3n) is 20.1. The number of hydrogen-bond acceptors (Lipinski definition) is 12. The first-order chi connectivity index (χ1) is 62.3. The van der Waals surface area contributed by atoms with Gasteiger partial charge in [0.05, 0.1) is 49.5 Å². The quantitative estimate of drug-likeness (QED) is 0.0579. The van der Waals surface area contributed by atoms with Gasteiger partial charge in [0, 0.05) is 98.3 Å². The van der Waals surface area contributed by atoms with E-state index in [4.69, 9.17) is 51.4 Å². The van der Waals surface area contributed by atoms with Crippen molar-refractivity contribution in [3.63, 3.8) is 0 Å². The monoisotopic (exact) mass is 1870 g/mol. The van der Waals surface area contributed by atoms with Gasteiger partial charge in [-0.3, -0.25) is 0 Å². The van der Waals surface area contributed by atoms with Crippen LogP contribution in [0.4, 0.5) is 35.1 Å². The van der Waals surface area contributed by atoms with E-state index in [1.54, 1.807) is 78.1 Å². The minimum absolute atomic E-state index is 0.00260. The van der Waals surface area contributed by atoms with Gasteiger partial charge in [0.25, 0.3) is 0 Å². The van der Waals surface area contributed by atoms with E-state index in [-0.39, 0.29) is 40.0 Å². The molecule has 20 rings (SSSR count). The molecule has 0 aliphatic rings. The Kier molecular flexibility index (Phi) is 26.6. The summed E-state index contributed by atoms with van der Waals surface area (Å²) in [6, 6.07) is 91.3. The number of aromatic amines is 5. The molecule has 0 bridgehead atoms. The molecular weight excluding hydrogens is 1800 g/mol. The highest BCUT2D eigenvalue weighted by Crippen LogP contribution is 2.43. The summed E-state index contributed by atoms with van der Waals surface area (Å²) in [6.07, 6.45) is -9.24. The molecule has 644 valence electrons. The molecule has 0 aliphatic heterocycles. The molecular formula is C101H72BrCl2F8N11O4S2. The van der Waals surface area contributed by atoms with Gasteiger partial charge in [-0.1, -0.05) is 221 Å². The first-order valence-electron chi connectivity index (χ1n) is 39.9. The van der Waals surface area contributed by atoms with Crippen LogP contribution >= 0.6 is 61.8 Å². The fourth-order valence-corrected chi connectivity index (χ4v) is 16.7. The van der Waals surface area contributed by atoms with Crippen LogP contribution in [-0.2, 0) is 6.18 Å². The standard InChI is InChI=1S/C21H15F3N2O2.C21H15F3N2O.C20H13Cl2FN2O.C20H15FN2S.C19H14BrN3S/c1-13-19(14-7-3-2-4-8-14)26-20(25-13)18-12-11-16(27-18)15-9-5-6-10-17(15)28-21(22,23)24;1-13-19(14-7-3-2-4-8-14)26-20(25-13)18-12-11-17(27-18)15-9-5-6-10-16(15)21(22,23)24;1-11-19(12-2-5-14(23)6-3-12)25-20(24-11)18-9-8-17(26-18)15-7-4-13(21)10-16(15)22;1-13-19(14-7-3-2-4-8-14)23-20(22-13)18-12-11-17(24-18)15-9-5-6-10-16(15)21;1-12-17(13-6-3-2-4-7-13)23-18(21-12)16-11-24-19(22-16)14-8-5-9-15(20)10-14/h2-12H,1H3,(H,25,26);2-12H,1H3,(H,25,26);2-10H,1H3,(H,24,25);2-12H,1H3,(H,22,23);2-11H,1H3,(H,21,23). The van der Waals surface area contributed by atoms with Crippen LogP contribution in [0.1, 0.15) is 34.0 Å². The summed E-state index contributed by atoms with van der Waals surface area (Å²) in [5.41, 5.74) is 16.7. The van der Waals surface area contributed by atoms with Crippen molar-refractivity contribution in [2.75, 3.05) is 0 Å². The van der Waals surface area contributed by atoms with Gasteiger partial charge in [-0.25, -0.2) is 38.7 Å². The molecule has 10 aromatic carbocycles. The number of para-hydroxylation sites is 1. The average molecular weight is 1870 g/mol. The van der Waals surface area contributed by atoms with Crippen molar-refractivity contribution in [1.82, 2.24) is 54.8 Å². The molecule has 0 saturated heterocycles. The summed E-state index contributed by atoms with van der Waals surface area (Å²) < 4.78 is 127. The Labute approximate surface area is 760 Å². The maximum atomic E-state index is 14.0. The fourth-order valence-electron chi connectivity index (χ4n) is 14.0.